The van der Waals surface area contributed by atoms with E-state index in [9.17, 15) is 0 Å². The summed E-state index contributed by atoms with van der Waals surface area (Å²) in [7, 11) is 0. The number of aliphatic hydroxyl groups excluding tert-OH is 1. The van der Waals surface area contributed by atoms with Crippen LogP contribution < -0.4 is 5.32 Å². The van der Waals surface area contributed by atoms with Crippen molar-refractivity contribution in [2.75, 3.05) is 24.7 Å². The van der Waals surface area contributed by atoms with Crippen LogP contribution in [0.4, 0.5) is 0 Å². The Morgan fingerprint density at radius 3 is 3.31 bits per heavy atom. The molecule has 0 aromatic carbocycles. The van der Waals surface area contributed by atoms with Crippen LogP contribution in [0.2, 0.25) is 0 Å². The van der Waals surface area contributed by atoms with Crippen LogP contribution in [-0.2, 0) is 13.1 Å². The Balaban J connectivity index is 1.67. The molecule has 1 aliphatic rings. The molecule has 1 aliphatic heterocycles. The van der Waals surface area contributed by atoms with Gasteiger partial charge in [-0.25, -0.2) is 4.68 Å². The molecule has 90 valence electrons. The minimum atomic E-state index is 0.107. The summed E-state index contributed by atoms with van der Waals surface area (Å²) < 4.78 is 1.67. The smallest absolute Gasteiger partial charge is 0.0964 e. The van der Waals surface area contributed by atoms with Crippen LogP contribution in [0, 0.1) is 5.92 Å². The lowest BCUT2D eigenvalue weighted by atomic mass is 10.1. The molecule has 1 unspecified atom stereocenters. The van der Waals surface area contributed by atoms with Gasteiger partial charge in [0.05, 0.1) is 18.8 Å². The summed E-state index contributed by atoms with van der Waals surface area (Å²) in [6.45, 7) is 2.47. The number of nitrogens with zero attached hydrogens (tertiary/aromatic N) is 3. The second kappa shape index (κ2) is 6.22. The van der Waals surface area contributed by atoms with Gasteiger partial charge in [-0.2, -0.15) is 11.8 Å². The topological polar surface area (TPSA) is 63.0 Å². The minimum Gasteiger partial charge on any atom is -0.394 e. The van der Waals surface area contributed by atoms with Crippen molar-refractivity contribution in [1.29, 1.82) is 0 Å². The van der Waals surface area contributed by atoms with E-state index in [0.717, 1.165) is 24.7 Å². The van der Waals surface area contributed by atoms with E-state index in [2.05, 4.69) is 15.6 Å². The molecule has 16 heavy (non-hydrogen) atoms. The van der Waals surface area contributed by atoms with Crippen LogP contribution in [0.3, 0.4) is 0 Å². The standard InChI is InChI=1S/C10H18N4OS/c15-3-2-14-7-10(12-13-14)6-11-5-9-1-4-16-8-9/h7,9,11,15H,1-6,8H2. The van der Waals surface area contributed by atoms with Gasteiger partial charge in [-0.05, 0) is 30.4 Å². The predicted octanol–water partition coefficient (Wildman–Crippen LogP) is 0.113. The van der Waals surface area contributed by atoms with Crippen LogP contribution >= 0.6 is 11.8 Å². The quantitative estimate of drug-likeness (QED) is 0.741. The van der Waals surface area contributed by atoms with E-state index in [1.807, 2.05) is 18.0 Å². The molecule has 0 radical (unpaired) electrons. The van der Waals surface area contributed by atoms with E-state index in [4.69, 9.17) is 5.11 Å². The van der Waals surface area contributed by atoms with Gasteiger partial charge in [0.1, 0.15) is 0 Å². The lowest BCUT2D eigenvalue weighted by Crippen LogP contribution is -2.22. The lowest BCUT2D eigenvalue weighted by molar-refractivity contribution is 0.268. The minimum absolute atomic E-state index is 0.107. The highest BCUT2D eigenvalue weighted by Crippen LogP contribution is 2.22. The molecule has 0 saturated carbocycles. The highest BCUT2D eigenvalue weighted by atomic mass is 32.2. The Labute approximate surface area is 99.6 Å². The Bertz CT molecular complexity index is 312. The molecule has 0 aliphatic carbocycles. The average Bonchev–Trinajstić information content (AvgIpc) is 2.90. The highest BCUT2D eigenvalue weighted by molar-refractivity contribution is 7.99. The van der Waals surface area contributed by atoms with Crippen molar-refractivity contribution >= 4 is 11.8 Å². The molecule has 1 saturated heterocycles. The van der Waals surface area contributed by atoms with E-state index in [1.54, 1.807) is 4.68 Å². The fourth-order valence-electron chi connectivity index (χ4n) is 1.78. The van der Waals surface area contributed by atoms with Crippen molar-refractivity contribution in [3.63, 3.8) is 0 Å². The predicted molar refractivity (Wildman–Crippen MR) is 64.2 cm³/mol. The van der Waals surface area contributed by atoms with E-state index in [1.165, 1.54) is 17.9 Å². The van der Waals surface area contributed by atoms with Gasteiger partial charge >= 0.3 is 0 Å². The zero-order chi connectivity index (χ0) is 11.2. The molecule has 2 rings (SSSR count). The second-order valence-corrected chi connectivity index (χ2v) is 5.21. The first-order chi connectivity index (χ1) is 7.88. The molecule has 0 amide bonds. The van der Waals surface area contributed by atoms with Gasteiger partial charge in [0.25, 0.3) is 0 Å². The third kappa shape index (κ3) is 3.47. The Kier molecular flexibility index (Phi) is 4.62. The summed E-state index contributed by atoms with van der Waals surface area (Å²) in [5.41, 5.74) is 0.944. The van der Waals surface area contributed by atoms with Crippen LogP contribution in [0.15, 0.2) is 6.20 Å². The second-order valence-electron chi connectivity index (χ2n) is 4.06. The van der Waals surface area contributed by atoms with Gasteiger partial charge in [0.15, 0.2) is 0 Å². The van der Waals surface area contributed by atoms with Crippen molar-refractivity contribution < 1.29 is 5.11 Å². The van der Waals surface area contributed by atoms with Gasteiger partial charge in [-0.3, -0.25) is 0 Å². The lowest BCUT2D eigenvalue weighted by Gasteiger charge is -2.07. The number of hydrogen-bond acceptors (Lipinski definition) is 5. The number of aliphatic hydroxyl groups is 1. The van der Waals surface area contributed by atoms with Gasteiger partial charge < -0.3 is 10.4 Å². The maximum Gasteiger partial charge on any atom is 0.0964 e. The highest BCUT2D eigenvalue weighted by Gasteiger charge is 2.14. The third-order valence-electron chi connectivity index (χ3n) is 2.68. The van der Waals surface area contributed by atoms with Crippen LogP contribution in [0.5, 0.6) is 0 Å². The summed E-state index contributed by atoms with van der Waals surface area (Å²) in [5.74, 6) is 3.40. The first-order valence-electron chi connectivity index (χ1n) is 5.67. The molecular weight excluding hydrogens is 224 g/mol. The molecule has 5 nitrogen and oxygen atoms in total. The molecule has 0 spiro atoms. The largest absolute Gasteiger partial charge is 0.394 e. The molecule has 1 aromatic rings. The van der Waals surface area contributed by atoms with Crippen molar-refractivity contribution in [3.8, 4) is 0 Å². The van der Waals surface area contributed by atoms with Crippen molar-refractivity contribution in [1.82, 2.24) is 20.3 Å². The normalized spacial score (nSPS) is 20.4. The van der Waals surface area contributed by atoms with E-state index < -0.39 is 0 Å². The number of aromatic nitrogens is 3. The molecular formula is C10H18N4OS. The Hall–Kier alpha value is -0.590. The summed E-state index contributed by atoms with van der Waals surface area (Å²) in [6, 6.07) is 0. The fraction of sp³-hybridized carbons (Fsp3) is 0.800. The fourth-order valence-corrected chi connectivity index (χ4v) is 3.06. The van der Waals surface area contributed by atoms with Crippen LogP contribution in [0.25, 0.3) is 0 Å². The SMILES string of the molecule is OCCn1cc(CNCC2CCSC2)nn1. The summed E-state index contributed by atoms with van der Waals surface area (Å²) in [4.78, 5) is 0. The number of hydrogen-bond donors (Lipinski definition) is 2. The molecule has 1 atom stereocenters. The number of rotatable bonds is 6. The van der Waals surface area contributed by atoms with Crippen molar-refractivity contribution in [2.45, 2.75) is 19.5 Å². The molecule has 1 aromatic heterocycles. The van der Waals surface area contributed by atoms with Gasteiger partial charge in [-0.15, -0.1) is 5.10 Å². The molecule has 1 fully saturated rings. The van der Waals surface area contributed by atoms with E-state index in [0.29, 0.717) is 6.54 Å². The van der Waals surface area contributed by atoms with Gasteiger partial charge in [-0.1, -0.05) is 5.21 Å². The number of nitrogens with one attached hydrogen (secondary N) is 1. The van der Waals surface area contributed by atoms with Crippen molar-refractivity contribution in [3.05, 3.63) is 11.9 Å². The van der Waals surface area contributed by atoms with Crippen molar-refractivity contribution in [2.24, 2.45) is 5.92 Å². The molecule has 2 heterocycles. The van der Waals surface area contributed by atoms with Gasteiger partial charge in [0, 0.05) is 12.7 Å². The third-order valence-corrected chi connectivity index (χ3v) is 3.91. The first-order valence-corrected chi connectivity index (χ1v) is 6.82. The van der Waals surface area contributed by atoms with E-state index in [-0.39, 0.29) is 6.61 Å². The van der Waals surface area contributed by atoms with E-state index >= 15 is 0 Å². The summed E-state index contributed by atoms with van der Waals surface area (Å²) >= 11 is 2.04. The average molecular weight is 242 g/mol. The maximum atomic E-state index is 8.74. The monoisotopic (exact) mass is 242 g/mol. The number of thioether (sulfide) groups is 1. The molecule has 6 heteroatoms. The van der Waals surface area contributed by atoms with Crippen LogP contribution in [-0.4, -0.2) is 44.8 Å². The maximum absolute atomic E-state index is 8.74. The Morgan fingerprint density at radius 1 is 1.62 bits per heavy atom. The molecule has 0 bridgehead atoms. The van der Waals surface area contributed by atoms with Crippen LogP contribution in [0.1, 0.15) is 12.1 Å². The zero-order valence-electron chi connectivity index (χ0n) is 9.30. The Morgan fingerprint density at radius 2 is 2.56 bits per heavy atom. The zero-order valence-corrected chi connectivity index (χ0v) is 10.1. The summed E-state index contributed by atoms with van der Waals surface area (Å²) in [5, 5.41) is 20.1. The first kappa shape index (κ1) is 11.9. The summed E-state index contributed by atoms with van der Waals surface area (Å²) in [6.07, 6.45) is 3.21. The molecule has 2 N–H and O–H groups in total. The van der Waals surface area contributed by atoms with Gasteiger partial charge in [0.2, 0.25) is 0 Å².